The monoisotopic (exact) mass is 243 g/mol. The number of benzene rings is 1. The average Bonchev–Trinajstić information content (AvgIpc) is 2.60. The molecule has 18 heavy (non-hydrogen) atoms. The molecule has 0 aliphatic rings. The molecule has 3 heteroatoms. The van der Waals surface area contributed by atoms with Crippen molar-refractivity contribution in [2.75, 3.05) is 5.73 Å². The average molecular weight is 243 g/mol. The van der Waals surface area contributed by atoms with Crippen molar-refractivity contribution in [3.05, 3.63) is 35.2 Å². The Morgan fingerprint density at radius 3 is 2.61 bits per heavy atom. The molecule has 1 heterocycles. The Labute approximate surface area is 109 Å². The third kappa shape index (κ3) is 2.01. The standard InChI is InChI=1S/C15H21N3/c1-5-9-18-12(4)15(11(3)17-18)13-7-6-8-14(16)10(13)2/h6-8H,5,9,16H2,1-4H3. The van der Waals surface area contributed by atoms with Crippen molar-refractivity contribution in [2.24, 2.45) is 0 Å². The van der Waals surface area contributed by atoms with Crippen molar-refractivity contribution in [2.45, 2.75) is 40.7 Å². The Morgan fingerprint density at radius 2 is 1.94 bits per heavy atom. The number of rotatable bonds is 3. The number of aromatic nitrogens is 2. The lowest BCUT2D eigenvalue weighted by atomic mass is 9.98. The van der Waals surface area contributed by atoms with Crippen LogP contribution in [0.15, 0.2) is 18.2 Å². The summed E-state index contributed by atoms with van der Waals surface area (Å²) in [4.78, 5) is 0. The molecule has 3 nitrogen and oxygen atoms in total. The molecule has 0 amide bonds. The zero-order valence-electron chi connectivity index (χ0n) is 11.6. The molecule has 0 saturated heterocycles. The Morgan fingerprint density at radius 1 is 1.22 bits per heavy atom. The summed E-state index contributed by atoms with van der Waals surface area (Å²) in [6.45, 7) is 9.40. The zero-order valence-corrected chi connectivity index (χ0v) is 11.6. The van der Waals surface area contributed by atoms with Gasteiger partial charge >= 0.3 is 0 Å². The van der Waals surface area contributed by atoms with E-state index in [0.717, 1.165) is 29.9 Å². The highest BCUT2D eigenvalue weighted by Gasteiger charge is 2.15. The van der Waals surface area contributed by atoms with Gasteiger partial charge in [0.25, 0.3) is 0 Å². The van der Waals surface area contributed by atoms with Crippen LogP contribution in [0.4, 0.5) is 5.69 Å². The van der Waals surface area contributed by atoms with Crippen molar-refractivity contribution in [1.29, 1.82) is 0 Å². The van der Waals surface area contributed by atoms with Crippen LogP contribution in [-0.4, -0.2) is 9.78 Å². The first-order chi connectivity index (χ1) is 8.56. The minimum Gasteiger partial charge on any atom is -0.398 e. The highest BCUT2D eigenvalue weighted by Crippen LogP contribution is 2.32. The number of nitrogen functional groups attached to an aromatic ring is 1. The number of hydrogen-bond acceptors (Lipinski definition) is 2. The number of hydrogen-bond donors (Lipinski definition) is 1. The first kappa shape index (κ1) is 12.7. The van der Waals surface area contributed by atoms with Crippen LogP contribution in [0.25, 0.3) is 11.1 Å². The summed E-state index contributed by atoms with van der Waals surface area (Å²) >= 11 is 0. The predicted molar refractivity (Wildman–Crippen MR) is 76.6 cm³/mol. The van der Waals surface area contributed by atoms with Crippen LogP contribution in [0.1, 0.15) is 30.3 Å². The van der Waals surface area contributed by atoms with Crippen LogP contribution < -0.4 is 5.73 Å². The lowest BCUT2D eigenvalue weighted by molar-refractivity contribution is 0.583. The fraction of sp³-hybridized carbons (Fsp3) is 0.400. The van der Waals surface area contributed by atoms with Gasteiger partial charge in [0.1, 0.15) is 0 Å². The van der Waals surface area contributed by atoms with Gasteiger partial charge in [0.2, 0.25) is 0 Å². The second-order valence-corrected chi connectivity index (χ2v) is 4.79. The number of aryl methyl sites for hydroxylation is 2. The van der Waals surface area contributed by atoms with E-state index in [-0.39, 0.29) is 0 Å². The van der Waals surface area contributed by atoms with Crippen LogP contribution in [0.3, 0.4) is 0 Å². The molecule has 0 aliphatic carbocycles. The summed E-state index contributed by atoms with van der Waals surface area (Å²) in [5.41, 5.74) is 12.7. The number of nitrogens with zero attached hydrogens (tertiary/aromatic N) is 2. The number of anilines is 1. The van der Waals surface area contributed by atoms with Crippen LogP contribution in [0.2, 0.25) is 0 Å². The van der Waals surface area contributed by atoms with Crippen LogP contribution in [0.5, 0.6) is 0 Å². The SMILES string of the molecule is CCCn1nc(C)c(-c2cccc(N)c2C)c1C. The maximum Gasteiger partial charge on any atom is 0.0675 e. The van der Waals surface area contributed by atoms with E-state index >= 15 is 0 Å². The van der Waals surface area contributed by atoms with Gasteiger partial charge in [-0.25, -0.2) is 0 Å². The van der Waals surface area contributed by atoms with Gasteiger partial charge in [-0.1, -0.05) is 19.1 Å². The maximum atomic E-state index is 6.00. The molecule has 0 atom stereocenters. The Kier molecular flexibility index (Phi) is 3.41. The van der Waals surface area contributed by atoms with Crippen molar-refractivity contribution < 1.29 is 0 Å². The Balaban J connectivity index is 2.60. The molecule has 0 saturated carbocycles. The smallest absolute Gasteiger partial charge is 0.0675 e. The van der Waals surface area contributed by atoms with Crippen LogP contribution in [0, 0.1) is 20.8 Å². The van der Waals surface area contributed by atoms with Crippen molar-refractivity contribution >= 4 is 5.69 Å². The highest BCUT2D eigenvalue weighted by atomic mass is 15.3. The van der Waals surface area contributed by atoms with Crippen molar-refractivity contribution in [3.63, 3.8) is 0 Å². The number of nitrogens with two attached hydrogens (primary N) is 1. The van der Waals surface area contributed by atoms with E-state index in [9.17, 15) is 0 Å². The second kappa shape index (κ2) is 4.84. The van der Waals surface area contributed by atoms with E-state index in [0.29, 0.717) is 0 Å². The molecule has 2 N–H and O–H groups in total. The van der Waals surface area contributed by atoms with Gasteiger partial charge in [-0.2, -0.15) is 5.10 Å². The minimum atomic E-state index is 0.842. The van der Waals surface area contributed by atoms with Gasteiger partial charge < -0.3 is 5.73 Å². The molecule has 0 bridgehead atoms. The molecule has 0 radical (unpaired) electrons. The van der Waals surface area contributed by atoms with Gasteiger partial charge in [0.15, 0.2) is 0 Å². The molecule has 2 aromatic rings. The van der Waals surface area contributed by atoms with Gasteiger partial charge in [0, 0.05) is 23.5 Å². The van der Waals surface area contributed by atoms with Gasteiger partial charge in [-0.3, -0.25) is 4.68 Å². The summed E-state index contributed by atoms with van der Waals surface area (Å²) in [5.74, 6) is 0. The van der Waals surface area contributed by atoms with Crippen molar-refractivity contribution in [1.82, 2.24) is 9.78 Å². The molecule has 0 fully saturated rings. The molecule has 96 valence electrons. The largest absolute Gasteiger partial charge is 0.398 e. The predicted octanol–water partition coefficient (Wildman–Crippen LogP) is 3.47. The first-order valence-electron chi connectivity index (χ1n) is 6.45. The lowest BCUT2D eigenvalue weighted by Crippen LogP contribution is -2.01. The first-order valence-corrected chi connectivity index (χ1v) is 6.45. The Bertz CT molecular complexity index is 567. The van der Waals surface area contributed by atoms with E-state index in [1.54, 1.807) is 0 Å². The van der Waals surface area contributed by atoms with E-state index in [4.69, 9.17) is 5.73 Å². The molecule has 2 rings (SSSR count). The van der Waals surface area contributed by atoms with Gasteiger partial charge in [-0.05, 0) is 44.4 Å². The van der Waals surface area contributed by atoms with Crippen LogP contribution >= 0.6 is 0 Å². The quantitative estimate of drug-likeness (QED) is 0.839. The molecule has 0 spiro atoms. The minimum absolute atomic E-state index is 0.842. The summed E-state index contributed by atoms with van der Waals surface area (Å²) in [6, 6.07) is 6.08. The third-order valence-corrected chi connectivity index (χ3v) is 3.46. The second-order valence-electron chi connectivity index (χ2n) is 4.79. The van der Waals surface area contributed by atoms with Gasteiger partial charge in [-0.15, -0.1) is 0 Å². The topological polar surface area (TPSA) is 43.8 Å². The van der Waals surface area contributed by atoms with Gasteiger partial charge in [0.05, 0.1) is 5.69 Å². The van der Waals surface area contributed by atoms with E-state index in [1.165, 1.54) is 16.8 Å². The molecular weight excluding hydrogens is 222 g/mol. The molecular formula is C15H21N3. The summed E-state index contributed by atoms with van der Waals surface area (Å²) in [7, 11) is 0. The van der Waals surface area contributed by atoms with E-state index < -0.39 is 0 Å². The molecule has 0 unspecified atom stereocenters. The molecule has 1 aromatic heterocycles. The fourth-order valence-corrected chi connectivity index (χ4v) is 2.44. The molecule has 0 aliphatic heterocycles. The molecule has 1 aromatic carbocycles. The maximum absolute atomic E-state index is 6.00. The zero-order chi connectivity index (χ0) is 13.3. The van der Waals surface area contributed by atoms with E-state index in [1.807, 2.05) is 12.1 Å². The highest BCUT2D eigenvalue weighted by molar-refractivity contribution is 5.75. The van der Waals surface area contributed by atoms with E-state index in [2.05, 4.69) is 43.5 Å². The summed E-state index contributed by atoms with van der Waals surface area (Å²) in [5, 5.41) is 4.62. The van der Waals surface area contributed by atoms with Crippen LogP contribution in [-0.2, 0) is 6.54 Å². The Hall–Kier alpha value is -1.77. The summed E-state index contributed by atoms with van der Waals surface area (Å²) < 4.78 is 2.09. The summed E-state index contributed by atoms with van der Waals surface area (Å²) in [6.07, 6.45) is 1.09. The lowest BCUT2D eigenvalue weighted by Gasteiger charge is -2.09. The fourth-order valence-electron chi connectivity index (χ4n) is 2.44. The third-order valence-electron chi connectivity index (χ3n) is 3.46. The van der Waals surface area contributed by atoms with Crippen molar-refractivity contribution in [3.8, 4) is 11.1 Å². The normalized spacial score (nSPS) is 10.9.